The van der Waals surface area contributed by atoms with Crippen molar-refractivity contribution in [2.24, 2.45) is 0 Å². The molecule has 5 heteroatoms. The van der Waals surface area contributed by atoms with Gasteiger partial charge in [-0.2, -0.15) is 0 Å². The molecule has 1 heterocycles. The van der Waals surface area contributed by atoms with E-state index in [0.717, 1.165) is 37.4 Å². The Labute approximate surface area is 113 Å². The molecule has 19 heavy (non-hydrogen) atoms. The molecule has 1 aliphatic heterocycles. The Kier molecular flexibility index (Phi) is 4.87. The first kappa shape index (κ1) is 14.0. The van der Waals surface area contributed by atoms with E-state index in [-0.39, 0.29) is 18.6 Å². The molecule has 2 N–H and O–H groups in total. The Bertz CT molecular complexity index is 415. The zero-order valence-electron chi connectivity index (χ0n) is 11.2. The number of halogens is 1. The van der Waals surface area contributed by atoms with Crippen LogP contribution >= 0.6 is 0 Å². The summed E-state index contributed by atoms with van der Waals surface area (Å²) in [4.78, 5) is 13.1. The van der Waals surface area contributed by atoms with Crippen LogP contribution < -0.4 is 10.6 Å². The lowest BCUT2D eigenvalue weighted by molar-refractivity contribution is -0.114. The number of carbonyl (C=O) groups is 1. The second-order valence-electron chi connectivity index (χ2n) is 4.76. The zero-order chi connectivity index (χ0) is 13.7. The van der Waals surface area contributed by atoms with Gasteiger partial charge in [0.25, 0.3) is 0 Å². The first-order chi connectivity index (χ1) is 9.20. The minimum atomic E-state index is -0.389. The van der Waals surface area contributed by atoms with Crippen molar-refractivity contribution in [1.29, 1.82) is 0 Å². The lowest BCUT2D eigenvalue weighted by Crippen LogP contribution is -2.45. The van der Waals surface area contributed by atoms with Crippen LogP contribution in [-0.2, 0) is 4.79 Å². The van der Waals surface area contributed by atoms with E-state index in [2.05, 4.69) is 15.5 Å². The van der Waals surface area contributed by atoms with Crippen LogP contribution in [0.25, 0.3) is 0 Å². The summed E-state index contributed by atoms with van der Waals surface area (Å²) in [5.74, 6) is -0.100. The lowest BCUT2D eigenvalue weighted by Gasteiger charge is -2.33. The summed E-state index contributed by atoms with van der Waals surface area (Å²) >= 11 is 0. The number of piperazine rings is 1. The van der Waals surface area contributed by atoms with Crippen LogP contribution in [-0.4, -0.2) is 43.7 Å². The second kappa shape index (κ2) is 6.63. The predicted octanol–water partition coefficient (Wildman–Crippen LogP) is 1.56. The molecule has 4 nitrogen and oxygen atoms in total. The smallest absolute Gasteiger partial charge is 0.221 e. The average Bonchev–Trinajstić information content (AvgIpc) is 2.42. The number of nitrogens with one attached hydrogen (secondary N) is 2. The fourth-order valence-electron chi connectivity index (χ4n) is 2.38. The molecular formula is C14H20FN3O. The number of rotatable bonds is 4. The first-order valence-electron chi connectivity index (χ1n) is 6.59. The number of nitrogens with zero attached hydrogens (tertiary/aromatic N) is 1. The van der Waals surface area contributed by atoms with Gasteiger partial charge in [-0.3, -0.25) is 9.69 Å². The molecule has 1 aliphatic rings. The monoisotopic (exact) mass is 265 g/mol. The van der Waals surface area contributed by atoms with Crippen molar-refractivity contribution in [3.05, 3.63) is 29.8 Å². The van der Waals surface area contributed by atoms with E-state index in [1.165, 1.54) is 6.92 Å². The van der Waals surface area contributed by atoms with Crippen molar-refractivity contribution in [3.63, 3.8) is 0 Å². The zero-order valence-corrected chi connectivity index (χ0v) is 11.2. The summed E-state index contributed by atoms with van der Waals surface area (Å²) in [5, 5.41) is 5.98. The van der Waals surface area contributed by atoms with Gasteiger partial charge in [0.15, 0.2) is 0 Å². The van der Waals surface area contributed by atoms with Crippen LogP contribution in [0, 0.1) is 0 Å². The highest BCUT2D eigenvalue weighted by molar-refractivity contribution is 5.88. The summed E-state index contributed by atoms with van der Waals surface area (Å²) in [6, 6.07) is 7.23. The van der Waals surface area contributed by atoms with Gasteiger partial charge in [0.2, 0.25) is 5.91 Å². The van der Waals surface area contributed by atoms with Crippen LogP contribution in [0.5, 0.6) is 0 Å². The number of hydrogen-bond acceptors (Lipinski definition) is 3. The molecule has 1 aromatic carbocycles. The molecule has 1 amide bonds. The van der Waals surface area contributed by atoms with Gasteiger partial charge < -0.3 is 10.6 Å². The molecule has 1 atom stereocenters. The molecule has 1 aromatic rings. The number of benzene rings is 1. The van der Waals surface area contributed by atoms with Crippen molar-refractivity contribution >= 4 is 11.6 Å². The molecule has 0 aromatic heterocycles. The van der Waals surface area contributed by atoms with Gasteiger partial charge in [0.05, 0.1) is 6.04 Å². The van der Waals surface area contributed by atoms with E-state index in [1.807, 2.05) is 24.3 Å². The van der Waals surface area contributed by atoms with Gasteiger partial charge in [-0.1, -0.05) is 12.1 Å². The average molecular weight is 265 g/mol. The van der Waals surface area contributed by atoms with E-state index >= 15 is 0 Å². The third kappa shape index (κ3) is 3.75. The van der Waals surface area contributed by atoms with Crippen molar-refractivity contribution in [1.82, 2.24) is 10.2 Å². The molecule has 0 aliphatic carbocycles. The van der Waals surface area contributed by atoms with E-state index in [9.17, 15) is 9.18 Å². The van der Waals surface area contributed by atoms with Gasteiger partial charge in [0, 0.05) is 38.8 Å². The van der Waals surface area contributed by atoms with E-state index in [1.54, 1.807) is 0 Å². The van der Waals surface area contributed by atoms with Gasteiger partial charge in [-0.05, 0) is 17.7 Å². The van der Waals surface area contributed by atoms with Crippen molar-refractivity contribution in [3.8, 4) is 0 Å². The summed E-state index contributed by atoms with van der Waals surface area (Å²) in [6.07, 6.45) is 0. The molecule has 0 spiro atoms. The van der Waals surface area contributed by atoms with E-state index < -0.39 is 0 Å². The Hall–Kier alpha value is -1.46. The molecule has 2 rings (SSSR count). The van der Waals surface area contributed by atoms with Crippen LogP contribution in [0.2, 0.25) is 0 Å². The topological polar surface area (TPSA) is 44.4 Å². The molecule has 104 valence electrons. The Morgan fingerprint density at radius 3 is 2.53 bits per heavy atom. The highest BCUT2D eigenvalue weighted by Crippen LogP contribution is 2.23. The highest BCUT2D eigenvalue weighted by Gasteiger charge is 2.21. The quantitative estimate of drug-likeness (QED) is 0.868. The summed E-state index contributed by atoms with van der Waals surface area (Å²) in [7, 11) is 0. The van der Waals surface area contributed by atoms with Crippen LogP contribution in [0.15, 0.2) is 24.3 Å². The van der Waals surface area contributed by atoms with Gasteiger partial charge in [0.1, 0.15) is 6.67 Å². The fourth-order valence-corrected chi connectivity index (χ4v) is 2.38. The standard InChI is InChI=1S/C14H20FN3O/c1-11(19)17-13-4-2-12(3-5-13)14(10-15)18-8-6-16-7-9-18/h2-5,14,16H,6-10H2,1H3,(H,17,19)/t14-/m0/s1. The van der Waals surface area contributed by atoms with E-state index in [0.29, 0.717) is 0 Å². The number of alkyl halides is 1. The molecular weight excluding hydrogens is 245 g/mol. The number of carbonyl (C=O) groups excluding carboxylic acids is 1. The molecule has 0 saturated carbocycles. The van der Waals surface area contributed by atoms with Crippen molar-refractivity contribution in [2.75, 3.05) is 38.2 Å². The molecule has 0 unspecified atom stereocenters. The number of amides is 1. The van der Waals surface area contributed by atoms with Gasteiger partial charge in [-0.15, -0.1) is 0 Å². The SMILES string of the molecule is CC(=O)Nc1ccc([C@H](CF)N2CCNCC2)cc1. The van der Waals surface area contributed by atoms with Crippen LogP contribution in [0.4, 0.5) is 10.1 Å². The van der Waals surface area contributed by atoms with Gasteiger partial charge >= 0.3 is 0 Å². The maximum absolute atomic E-state index is 13.3. The Morgan fingerprint density at radius 2 is 2.00 bits per heavy atom. The minimum absolute atomic E-state index is 0.100. The second-order valence-corrected chi connectivity index (χ2v) is 4.76. The minimum Gasteiger partial charge on any atom is -0.326 e. The molecule has 1 saturated heterocycles. The third-order valence-corrected chi connectivity index (χ3v) is 3.35. The highest BCUT2D eigenvalue weighted by atomic mass is 19.1. The first-order valence-corrected chi connectivity index (χ1v) is 6.59. The van der Waals surface area contributed by atoms with Crippen molar-refractivity contribution in [2.45, 2.75) is 13.0 Å². The lowest BCUT2D eigenvalue weighted by atomic mass is 10.1. The number of anilines is 1. The third-order valence-electron chi connectivity index (χ3n) is 3.35. The predicted molar refractivity (Wildman–Crippen MR) is 73.9 cm³/mol. The molecule has 1 fully saturated rings. The summed E-state index contributed by atoms with van der Waals surface area (Å²) in [5.41, 5.74) is 1.70. The summed E-state index contributed by atoms with van der Waals surface area (Å²) < 4.78 is 13.3. The normalized spacial score (nSPS) is 18.0. The van der Waals surface area contributed by atoms with Crippen LogP contribution in [0.1, 0.15) is 18.5 Å². The fraction of sp³-hybridized carbons (Fsp3) is 0.500. The summed E-state index contributed by atoms with van der Waals surface area (Å²) in [6.45, 7) is 4.61. The largest absolute Gasteiger partial charge is 0.326 e. The van der Waals surface area contributed by atoms with Crippen LogP contribution in [0.3, 0.4) is 0 Å². The molecule has 0 radical (unpaired) electrons. The molecule has 0 bridgehead atoms. The van der Waals surface area contributed by atoms with Gasteiger partial charge in [-0.25, -0.2) is 4.39 Å². The van der Waals surface area contributed by atoms with Crippen molar-refractivity contribution < 1.29 is 9.18 Å². The van der Waals surface area contributed by atoms with E-state index in [4.69, 9.17) is 0 Å². The Morgan fingerprint density at radius 1 is 1.37 bits per heavy atom. The maximum Gasteiger partial charge on any atom is 0.221 e. The number of hydrogen-bond donors (Lipinski definition) is 2. The Balaban J connectivity index is 2.07. The maximum atomic E-state index is 13.3.